The first-order chi connectivity index (χ1) is 9.90. The first kappa shape index (κ1) is 15.7. The Morgan fingerprint density at radius 2 is 1.90 bits per heavy atom. The number of rotatable bonds is 4. The first-order valence-corrected chi connectivity index (χ1v) is 7.44. The number of aryl methyl sites for hydroxylation is 1. The van der Waals surface area contributed by atoms with E-state index < -0.39 is 0 Å². The van der Waals surface area contributed by atoms with Crippen LogP contribution in [0.2, 0.25) is 0 Å². The van der Waals surface area contributed by atoms with Gasteiger partial charge in [0, 0.05) is 28.7 Å². The third-order valence-corrected chi connectivity index (χ3v) is 4.03. The van der Waals surface area contributed by atoms with E-state index in [1.54, 1.807) is 18.9 Å². The highest BCUT2D eigenvalue weighted by molar-refractivity contribution is 9.10. The van der Waals surface area contributed by atoms with Gasteiger partial charge in [0.1, 0.15) is 5.82 Å². The monoisotopic (exact) mass is 353 g/mol. The highest BCUT2D eigenvalue weighted by Gasteiger charge is 2.23. The van der Waals surface area contributed by atoms with E-state index in [0.29, 0.717) is 11.6 Å². The van der Waals surface area contributed by atoms with Crippen molar-refractivity contribution in [1.82, 2.24) is 9.78 Å². The number of hydrogen-bond acceptors (Lipinski definition) is 4. The largest absolute Gasteiger partial charge is 0.493 e. The predicted molar refractivity (Wildman–Crippen MR) is 87.9 cm³/mol. The molecule has 0 bridgehead atoms. The molecule has 21 heavy (non-hydrogen) atoms. The SMILES string of the molecule is COc1cc(Br)c(-c2cc(N)n(C)n2)c(C(C)C)c1OC. The highest BCUT2D eigenvalue weighted by atomic mass is 79.9. The molecule has 0 aliphatic rings. The highest BCUT2D eigenvalue weighted by Crippen LogP contribution is 2.46. The minimum absolute atomic E-state index is 0.240. The van der Waals surface area contributed by atoms with Crippen molar-refractivity contribution in [2.24, 2.45) is 7.05 Å². The van der Waals surface area contributed by atoms with E-state index in [4.69, 9.17) is 15.2 Å². The summed E-state index contributed by atoms with van der Waals surface area (Å²) in [5.41, 5.74) is 8.75. The number of nitrogens with two attached hydrogens (primary N) is 1. The Morgan fingerprint density at radius 1 is 1.24 bits per heavy atom. The molecular formula is C15H20BrN3O2. The first-order valence-electron chi connectivity index (χ1n) is 6.64. The van der Waals surface area contributed by atoms with E-state index in [-0.39, 0.29) is 5.92 Å². The molecule has 0 radical (unpaired) electrons. The van der Waals surface area contributed by atoms with Crippen LogP contribution in [0.5, 0.6) is 11.5 Å². The van der Waals surface area contributed by atoms with Gasteiger partial charge in [-0.3, -0.25) is 4.68 Å². The molecule has 0 amide bonds. The van der Waals surface area contributed by atoms with Crippen molar-refractivity contribution in [1.29, 1.82) is 0 Å². The normalized spacial score (nSPS) is 11.0. The lowest BCUT2D eigenvalue weighted by atomic mass is 9.93. The number of ether oxygens (including phenoxy) is 2. The second kappa shape index (κ2) is 5.97. The molecule has 0 aliphatic carbocycles. The maximum atomic E-state index is 5.91. The Labute approximate surface area is 133 Å². The Balaban J connectivity index is 2.81. The molecule has 114 valence electrons. The smallest absolute Gasteiger partial charge is 0.164 e. The van der Waals surface area contributed by atoms with Crippen LogP contribution < -0.4 is 15.2 Å². The van der Waals surface area contributed by atoms with Gasteiger partial charge in [-0.25, -0.2) is 0 Å². The quantitative estimate of drug-likeness (QED) is 0.912. The van der Waals surface area contributed by atoms with E-state index in [2.05, 4.69) is 34.9 Å². The number of nitrogen functional groups attached to an aromatic ring is 1. The number of halogens is 1. The van der Waals surface area contributed by atoms with Crippen molar-refractivity contribution in [2.45, 2.75) is 19.8 Å². The number of benzene rings is 1. The summed E-state index contributed by atoms with van der Waals surface area (Å²) >= 11 is 3.62. The van der Waals surface area contributed by atoms with Crippen LogP contribution in [0.15, 0.2) is 16.6 Å². The summed E-state index contributed by atoms with van der Waals surface area (Å²) < 4.78 is 13.6. The summed E-state index contributed by atoms with van der Waals surface area (Å²) in [4.78, 5) is 0. The lowest BCUT2D eigenvalue weighted by Gasteiger charge is -2.20. The summed E-state index contributed by atoms with van der Waals surface area (Å²) in [7, 11) is 5.10. The van der Waals surface area contributed by atoms with Gasteiger partial charge in [-0.2, -0.15) is 5.10 Å². The van der Waals surface area contributed by atoms with Gasteiger partial charge in [0.2, 0.25) is 0 Å². The fourth-order valence-electron chi connectivity index (χ4n) is 2.40. The maximum Gasteiger partial charge on any atom is 0.164 e. The van der Waals surface area contributed by atoms with E-state index in [0.717, 1.165) is 27.0 Å². The van der Waals surface area contributed by atoms with Gasteiger partial charge < -0.3 is 15.2 Å². The molecule has 1 aromatic heterocycles. The van der Waals surface area contributed by atoms with Crippen LogP contribution in [-0.4, -0.2) is 24.0 Å². The van der Waals surface area contributed by atoms with Gasteiger partial charge in [0.25, 0.3) is 0 Å². The molecule has 1 heterocycles. The van der Waals surface area contributed by atoms with Crippen LogP contribution >= 0.6 is 15.9 Å². The number of nitrogens with zero attached hydrogens (tertiary/aromatic N) is 2. The zero-order chi connectivity index (χ0) is 15.7. The molecule has 0 unspecified atom stereocenters. The van der Waals surface area contributed by atoms with Crippen LogP contribution in [-0.2, 0) is 7.05 Å². The molecule has 6 heteroatoms. The lowest BCUT2D eigenvalue weighted by molar-refractivity contribution is 0.350. The van der Waals surface area contributed by atoms with Crippen molar-refractivity contribution < 1.29 is 9.47 Å². The average Bonchev–Trinajstić information content (AvgIpc) is 2.76. The minimum Gasteiger partial charge on any atom is -0.493 e. The third kappa shape index (κ3) is 2.72. The number of methoxy groups -OCH3 is 2. The van der Waals surface area contributed by atoms with Crippen molar-refractivity contribution in [3.8, 4) is 22.8 Å². The summed E-state index contributed by atoms with van der Waals surface area (Å²) in [6.07, 6.45) is 0. The molecular weight excluding hydrogens is 334 g/mol. The molecule has 0 saturated carbocycles. The lowest BCUT2D eigenvalue weighted by Crippen LogP contribution is -2.02. The maximum absolute atomic E-state index is 5.91. The second-order valence-corrected chi connectivity index (χ2v) is 5.97. The van der Waals surface area contributed by atoms with E-state index >= 15 is 0 Å². The summed E-state index contributed by atoms with van der Waals surface area (Å²) in [5, 5.41) is 4.48. The zero-order valence-electron chi connectivity index (χ0n) is 12.9. The molecule has 0 saturated heterocycles. The van der Waals surface area contributed by atoms with Crippen LogP contribution in [0, 0.1) is 0 Å². The summed E-state index contributed by atoms with van der Waals surface area (Å²) in [6, 6.07) is 3.75. The van der Waals surface area contributed by atoms with Gasteiger partial charge >= 0.3 is 0 Å². The fourth-order valence-corrected chi connectivity index (χ4v) is 3.03. The van der Waals surface area contributed by atoms with Crippen LogP contribution in [0.25, 0.3) is 11.3 Å². The average molecular weight is 354 g/mol. The Bertz CT molecular complexity index is 646. The standard InChI is InChI=1S/C15H20BrN3O2/c1-8(2)13-14(10-7-12(17)19(3)18-10)9(16)6-11(20-4)15(13)21-5/h6-8H,17H2,1-5H3. The van der Waals surface area contributed by atoms with Crippen LogP contribution in [0.3, 0.4) is 0 Å². The minimum atomic E-state index is 0.240. The summed E-state index contributed by atoms with van der Waals surface area (Å²) in [6.45, 7) is 4.22. The van der Waals surface area contributed by atoms with Crippen LogP contribution in [0.4, 0.5) is 5.82 Å². The molecule has 5 nitrogen and oxygen atoms in total. The Morgan fingerprint density at radius 3 is 2.33 bits per heavy atom. The molecule has 0 spiro atoms. The number of aromatic nitrogens is 2. The van der Waals surface area contributed by atoms with Crippen LogP contribution in [0.1, 0.15) is 25.3 Å². The Hall–Kier alpha value is -1.69. The predicted octanol–water partition coefficient (Wildman–Crippen LogP) is 3.57. The fraction of sp³-hybridized carbons (Fsp3) is 0.400. The van der Waals surface area contributed by atoms with E-state index in [1.807, 2.05) is 19.2 Å². The van der Waals surface area contributed by atoms with Gasteiger partial charge in [0.15, 0.2) is 11.5 Å². The van der Waals surface area contributed by atoms with Gasteiger partial charge in [0.05, 0.1) is 19.9 Å². The molecule has 2 rings (SSSR count). The number of anilines is 1. The van der Waals surface area contributed by atoms with Gasteiger partial charge in [-0.05, 0) is 27.9 Å². The van der Waals surface area contributed by atoms with E-state index in [9.17, 15) is 0 Å². The molecule has 2 N–H and O–H groups in total. The number of hydrogen-bond donors (Lipinski definition) is 1. The van der Waals surface area contributed by atoms with E-state index in [1.165, 1.54) is 0 Å². The molecule has 0 atom stereocenters. The van der Waals surface area contributed by atoms with Crippen molar-refractivity contribution >= 4 is 21.7 Å². The molecule has 2 aromatic rings. The van der Waals surface area contributed by atoms with Crippen molar-refractivity contribution in [2.75, 3.05) is 20.0 Å². The Kier molecular flexibility index (Phi) is 4.46. The van der Waals surface area contributed by atoms with Gasteiger partial charge in [-0.1, -0.05) is 13.8 Å². The van der Waals surface area contributed by atoms with Crippen molar-refractivity contribution in [3.63, 3.8) is 0 Å². The third-order valence-electron chi connectivity index (χ3n) is 3.41. The topological polar surface area (TPSA) is 62.3 Å². The zero-order valence-corrected chi connectivity index (χ0v) is 14.5. The molecule has 0 fully saturated rings. The molecule has 0 aliphatic heterocycles. The van der Waals surface area contributed by atoms with Crippen molar-refractivity contribution in [3.05, 3.63) is 22.2 Å². The molecule has 1 aromatic carbocycles. The second-order valence-electron chi connectivity index (χ2n) is 5.12. The summed E-state index contributed by atoms with van der Waals surface area (Å²) in [5.74, 6) is 2.28. The van der Waals surface area contributed by atoms with Gasteiger partial charge in [-0.15, -0.1) is 0 Å².